The van der Waals surface area contributed by atoms with E-state index in [0.29, 0.717) is 11.3 Å². The minimum absolute atomic E-state index is 0.0234. The van der Waals surface area contributed by atoms with E-state index in [1.165, 1.54) is 18.0 Å². The molecule has 0 bridgehead atoms. The van der Waals surface area contributed by atoms with Crippen molar-refractivity contribution in [2.45, 2.75) is 45.7 Å². The molecule has 1 atom stereocenters. The highest BCUT2D eigenvalue weighted by atomic mass is 19.1. The van der Waals surface area contributed by atoms with Crippen molar-refractivity contribution in [3.8, 4) is 5.75 Å². The molecule has 0 aliphatic rings. The van der Waals surface area contributed by atoms with E-state index in [0.717, 1.165) is 5.56 Å². The van der Waals surface area contributed by atoms with E-state index in [-0.39, 0.29) is 24.5 Å². The van der Waals surface area contributed by atoms with Crippen molar-refractivity contribution in [3.05, 3.63) is 65.5 Å². The lowest BCUT2D eigenvalue weighted by Crippen LogP contribution is -2.48. The van der Waals surface area contributed by atoms with Crippen LogP contribution in [0.3, 0.4) is 0 Å². The van der Waals surface area contributed by atoms with Crippen LogP contribution < -0.4 is 10.1 Å². The summed E-state index contributed by atoms with van der Waals surface area (Å²) in [6, 6.07) is 13.0. The predicted octanol–water partition coefficient (Wildman–Crippen LogP) is 3.67. The lowest BCUT2D eigenvalue weighted by atomic mass is 9.86. The summed E-state index contributed by atoms with van der Waals surface area (Å²) < 4.78 is 19.9. The predicted molar refractivity (Wildman–Crippen MR) is 111 cm³/mol. The zero-order chi connectivity index (χ0) is 21.6. The molecule has 0 aromatic heterocycles. The monoisotopic (exact) mass is 400 g/mol. The third-order valence-electron chi connectivity index (χ3n) is 4.76. The smallest absolute Gasteiger partial charge is 0.261 e. The topological polar surface area (TPSA) is 58.6 Å². The van der Waals surface area contributed by atoms with E-state index in [1.807, 2.05) is 24.3 Å². The minimum Gasteiger partial charge on any atom is -0.483 e. The van der Waals surface area contributed by atoms with E-state index in [1.54, 1.807) is 25.1 Å². The van der Waals surface area contributed by atoms with E-state index in [4.69, 9.17) is 4.74 Å². The molecule has 0 spiro atoms. The summed E-state index contributed by atoms with van der Waals surface area (Å²) in [5, 5.41) is 2.54. The number of nitrogens with zero attached hydrogens (tertiary/aromatic N) is 1. The Morgan fingerprint density at radius 2 is 1.72 bits per heavy atom. The van der Waals surface area contributed by atoms with Crippen molar-refractivity contribution < 1.29 is 18.7 Å². The fraction of sp³-hybridized carbons (Fsp3) is 0.391. The number of para-hydroxylation sites is 1. The SMILES string of the molecule is CNC(=O)C(C)N(Cc1ccccc1F)C(=O)COc1ccccc1C(C)(C)C. The Morgan fingerprint density at radius 1 is 1.10 bits per heavy atom. The maximum atomic E-state index is 14.1. The largest absolute Gasteiger partial charge is 0.483 e. The van der Waals surface area contributed by atoms with Gasteiger partial charge in [-0.25, -0.2) is 4.39 Å². The van der Waals surface area contributed by atoms with Crippen molar-refractivity contribution in [3.63, 3.8) is 0 Å². The molecule has 6 heteroatoms. The van der Waals surface area contributed by atoms with Gasteiger partial charge in [-0.15, -0.1) is 0 Å². The van der Waals surface area contributed by atoms with Gasteiger partial charge >= 0.3 is 0 Å². The Kier molecular flexibility index (Phi) is 7.37. The van der Waals surface area contributed by atoms with Crippen molar-refractivity contribution in [1.29, 1.82) is 0 Å². The second-order valence-corrected chi connectivity index (χ2v) is 7.94. The van der Waals surface area contributed by atoms with Crippen LogP contribution in [0.4, 0.5) is 4.39 Å². The molecule has 2 amide bonds. The first-order chi connectivity index (χ1) is 13.6. The van der Waals surface area contributed by atoms with Gasteiger partial charge in [-0.1, -0.05) is 57.2 Å². The molecular formula is C23H29FN2O3. The summed E-state index contributed by atoms with van der Waals surface area (Å²) in [6.07, 6.45) is 0. The number of carbonyl (C=O) groups excluding carboxylic acids is 2. The van der Waals surface area contributed by atoms with E-state index in [2.05, 4.69) is 26.1 Å². The number of hydrogen-bond donors (Lipinski definition) is 1. The summed E-state index contributed by atoms with van der Waals surface area (Å²) in [5.41, 5.74) is 1.17. The maximum absolute atomic E-state index is 14.1. The number of rotatable bonds is 7. The normalized spacial score (nSPS) is 12.2. The molecule has 156 valence electrons. The Hall–Kier alpha value is -2.89. The maximum Gasteiger partial charge on any atom is 0.261 e. The van der Waals surface area contributed by atoms with Crippen LogP contribution in [0.15, 0.2) is 48.5 Å². The van der Waals surface area contributed by atoms with Crippen LogP contribution in [0, 0.1) is 5.82 Å². The third kappa shape index (κ3) is 5.79. The number of ether oxygens (including phenoxy) is 1. The molecule has 0 aliphatic heterocycles. The fourth-order valence-corrected chi connectivity index (χ4v) is 3.04. The minimum atomic E-state index is -0.770. The summed E-state index contributed by atoms with van der Waals surface area (Å²) in [7, 11) is 1.50. The molecule has 1 N–H and O–H groups in total. The summed E-state index contributed by atoms with van der Waals surface area (Å²) in [4.78, 5) is 26.4. The molecule has 1 unspecified atom stereocenters. The van der Waals surface area contributed by atoms with Crippen LogP contribution >= 0.6 is 0 Å². The zero-order valence-corrected chi connectivity index (χ0v) is 17.7. The van der Waals surface area contributed by atoms with E-state index in [9.17, 15) is 14.0 Å². The number of carbonyl (C=O) groups is 2. The number of likely N-dealkylation sites (N-methyl/N-ethyl adjacent to an activating group) is 1. The second-order valence-electron chi connectivity index (χ2n) is 7.94. The van der Waals surface area contributed by atoms with Crippen LogP contribution in [-0.4, -0.2) is 36.4 Å². The molecule has 2 aromatic rings. The molecule has 5 nitrogen and oxygen atoms in total. The van der Waals surface area contributed by atoms with Crippen LogP contribution in [0.2, 0.25) is 0 Å². The quantitative estimate of drug-likeness (QED) is 0.772. The molecule has 0 saturated heterocycles. The number of benzene rings is 2. The molecule has 0 fully saturated rings. The Morgan fingerprint density at radius 3 is 2.34 bits per heavy atom. The van der Waals surface area contributed by atoms with Crippen molar-refractivity contribution in [1.82, 2.24) is 10.2 Å². The summed E-state index contributed by atoms with van der Waals surface area (Å²) >= 11 is 0. The summed E-state index contributed by atoms with van der Waals surface area (Å²) in [6.45, 7) is 7.54. The van der Waals surface area contributed by atoms with Crippen LogP contribution in [0.25, 0.3) is 0 Å². The van der Waals surface area contributed by atoms with Gasteiger partial charge in [-0.3, -0.25) is 9.59 Å². The third-order valence-corrected chi connectivity index (χ3v) is 4.76. The lowest BCUT2D eigenvalue weighted by molar-refractivity contribution is -0.142. The van der Waals surface area contributed by atoms with Gasteiger partial charge in [-0.05, 0) is 30.0 Å². The number of amides is 2. The van der Waals surface area contributed by atoms with Gasteiger partial charge in [0.25, 0.3) is 5.91 Å². The highest BCUT2D eigenvalue weighted by Gasteiger charge is 2.27. The molecule has 2 aromatic carbocycles. The summed E-state index contributed by atoms with van der Waals surface area (Å²) in [5.74, 6) is -0.530. The van der Waals surface area contributed by atoms with Crippen molar-refractivity contribution in [2.75, 3.05) is 13.7 Å². The van der Waals surface area contributed by atoms with Crippen molar-refractivity contribution >= 4 is 11.8 Å². The van der Waals surface area contributed by atoms with Gasteiger partial charge in [0.15, 0.2) is 6.61 Å². The second kappa shape index (κ2) is 9.54. The van der Waals surface area contributed by atoms with Crippen molar-refractivity contribution in [2.24, 2.45) is 0 Å². The van der Waals surface area contributed by atoms with Gasteiger partial charge in [0.05, 0.1) is 0 Å². The van der Waals surface area contributed by atoms with E-state index >= 15 is 0 Å². The van der Waals surface area contributed by atoms with Gasteiger partial charge in [0.2, 0.25) is 5.91 Å². The van der Waals surface area contributed by atoms with Gasteiger partial charge in [-0.2, -0.15) is 0 Å². The first-order valence-electron chi connectivity index (χ1n) is 9.62. The van der Waals surface area contributed by atoms with E-state index < -0.39 is 17.8 Å². The number of halogens is 1. The molecule has 0 saturated carbocycles. The highest BCUT2D eigenvalue weighted by Crippen LogP contribution is 2.31. The Balaban J connectivity index is 2.22. The van der Waals surface area contributed by atoms with Crippen LogP contribution in [0.5, 0.6) is 5.75 Å². The molecule has 2 rings (SSSR count). The molecule has 0 radical (unpaired) electrons. The Bertz CT molecular complexity index is 861. The standard InChI is InChI=1S/C23H29FN2O3/c1-16(22(28)25-5)26(14-17-10-6-8-12-19(17)24)21(27)15-29-20-13-9-7-11-18(20)23(2,3)4/h6-13,16H,14-15H2,1-5H3,(H,25,28). The van der Waals surface area contributed by atoms with Gasteiger partial charge < -0.3 is 15.0 Å². The van der Waals surface area contributed by atoms with Crippen LogP contribution in [0.1, 0.15) is 38.8 Å². The highest BCUT2D eigenvalue weighted by molar-refractivity contribution is 5.87. The number of nitrogens with one attached hydrogen (secondary N) is 1. The first kappa shape index (κ1) is 22.4. The number of hydrogen-bond acceptors (Lipinski definition) is 3. The molecular weight excluding hydrogens is 371 g/mol. The fourth-order valence-electron chi connectivity index (χ4n) is 3.04. The first-order valence-corrected chi connectivity index (χ1v) is 9.62. The van der Waals surface area contributed by atoms with Gasteiger partial charge in [0, 0.05) is 19.2 Å². The van der Waals surface area contributed by atoms with Gasteiger partial charge in [0.1, 0.15) is 17.6 Å². The van der Waals surface area contributed by atoms with Crippen LogP contribution in [-0.2, 0) is 21.5 Å². The average Bonchev–Trinajstić information content (AvgIpc) is 2.69. The molecule has 0 heterocycles. The lowest BCUT2D eigenvalue weighted by Gasteiger charge is -2.29. The molecule has 29 heavy (non-hydrogen) atoms. The Labute approximate surface area is 171 Å². The average molecular weight is 400 g/mol. The molecule has 0 aliphatic carbocycles. The zero-order valence-electron chi connectivity index (χ0n) is 17.7.